The van der Waals surface area contributed by atoms with Gasteiger partial charge in [0.1, 0.15) is 6.04 Å². The van der Waals surface area contributed by atoms with Crippen LogP contribution in [0.5, 0.6) is 0 Å². The van der Waals surface area contributed by atoms with Crippen molar-refractivity contribution in [2.24, 2.45) is 0 Å². The Morgan fingerprint density at radius 1 is 1.50 bits per heavy atom. The summed E-state index contributed by atoms with van der Waals surface area (Å²) in [5, 5.41) is 14.7. The van der Waals surface area contributed by atoms with Gasteiger partial charge in [-0.3, -0.25) is 4.79 Å². The van der Waals surface area contributed by atoms with E-state index < -0.39 is 0 Å². The van der Waals surface area contributed by atoms with Crippen LogP contribution in [0.1, 0.15) is 23.6 Å². The summed E-state index contributed by atoms with van der Waals surface area (Å²) in [6.45, 7) is 0. The van der Waals surface area contributed by atoms with Crippen molar-refractivity contribution >= 4 is 11.6 Å². The highest BCUT2D eigenvalue weighted by molar-refractivity contribution is 5.93. The largest absolute Gasteiger partial charge is 0.326 e. The molecule has 4 nitrogen and oxygen atoms in total. The number of carbonyl (C=O) groups is 1. The van der Waals surface area contributed by atoms with Gasteiger partial charge in [-0.15, -0.1) is 0 Å². The molecule has 1 unspecified atom stereocenters. The van der Waals surface area contributed by atoms with Gasteiger partial charge in [-0.05, 0) is 30.7 Å². The molecule has 1 heterocycles. The molecule has 1 amide bonds. The Hall–Kier alpha value is -1.86. The fourth-order valence-corrected chi connectivity index (χ4v) is 1.89. The molecule has 4 heteroatoms. The van der Waals surface area contributed by atoms with Crippen LogP contribution < -0.4 is 10.6 Å². The van der Waals surface area contributed by atoms with E-state index in [4.69, 9.17) is 5.26 Å². The summed E-state index contributed by atoms with van der Waals surface area (Å²) >= 11 is 0. The van der Waals surface area contributed by atoms with Crippen molar-refractivity contribution in [2.75, 3.05) is 12.4 Å². The van der Waals surface area contributed by atoms with E-state index in [0.29, 0.717) is 6.42 Å². The minimum atomic E-state index is -0.289. The number of aryl methyl sites for hydroxylation is 1. The average Bonchev–Trinajstić information content (AvgIpc) is 2.31. The Labute approximate surface area is 94.3 Å². The van der Waals surface area contributed by atoms with Gasteiger partial charge in [0.05, 0.1) is 6.07 Å². The molecule has 0 saturated carbocycles. The lowest BCUT2D eigenvalue weighted by Crippen LogP contribution is -2.20. The monoisotopic (exact) mass is 215 g/mol. The summed E-state index contributed by atoms with van der Waals surface area (Å²) in [5.41, 5.74) is 2.92. The van der Waals surface area contributed by atoms with E-state index in [1.54, 1.807) is 7.05 Å². The zero-order chi connectivity index (χ0) is 11.5. The van der Waals surface area contributed by atoms with Crippen molar-refractivity contribution in [3.63, 3.8) is 0 Å². The van der Waals surface area contributed by atoms with Crippen LogP contribution in [0, 0.1) is 11.3 Å². The number of carbonyl (C=O) groups excluding carboxylic acids is 1. The zero-order valence-corrected chi connectivity index (χ0v) is 9.08. The Morgan fingerprint density at radius 3 is 3.00 bits per heavy atom. The Kier molecular flexibility index (Phi) is 2.88. The van der Waals surface area contributed by atoms with Gasteiger partial charge in [-0.2, -0.15) is 5.26 Å². The third-order valence-electron chi connectivity index (χ3n) is 2.78. The minimum Gasteiger partial charge on any atom is -0.326 e. The smallest absolute Gasteiger partial charge is 0.224 e. The molecular formula is C12H13N3O. The first-order valence-electron chi connectivity index (χ1n) is 5.24. The molecule has 2 rings (SSSR count). The standard InChI is InChI=1S/C12H13N3O/c1-14-11(7-13)9-2-4-10-8(6-9)3-5-12(16)15-10/h2,4,6,11,14H,3,5H2,1H3,(H,15,16). The number of nitrogens with one attached hydrogen (secondary N) is 2. The van der Waals surface area contributed by atoms with Crippen LogP contribution in [0.15, 0.2) is 18.2 Å². The molecule has 1 aliphatic rings. The predicted octanol–water partition coefficient (Wildman–Crippen LogP) is 1.36. The highest BCUT2D eigenvalue weighted by Gasteiger charge is 2.16. The second-order valence-electron chi connectivity index (χ2n) is 3.82. The second kappa shape index (κ2) is 4.33. The van der Waals surface area contributed by atoms with Crippen LogP contribution in [-0.4, -0.2) is 13.0 Å². The van der Waals surface area contributed by atoms with Crippen molar-refractivity contribution in [1.29, 1.82) is 5.26 Å². The van der Waals surface area contributed by atoms with Crippen molar-refractivity contribution in [2.45, 2.75) is 18.9 Å². The Bertz CT molecular complexity index is 462. The van der Waals surface area contributed by atoms with Gasteiger partial charge in [0, 0.05) is 12.1 Å². The molecule has 0 spiro atoms. The molecule has 82 valence electrons. The molecule has 0 bridgehead atoms. The number of nitriles is 1. The van der Waals surface area contributed by atoms with Crippen molar-refractivity contribution in [3.05, 3.63) is 29.3 Å². The fourth-order valence-electron chi connectivity index (χ4n) is 1.89. The summed E-state index contributed by atoms with van der Waals surface area (Å²) in [4.78, 5) is 11.2. The number of benzene rings is 1. The third-order valence-corrected chi connectivity index (χ3v) is 2.78. The highest BCUT2D eigenvalue weighted by Crippen LogP contribution is 2.25. The molecule has 0 fully saturated rings. The van der Waals surface area contributed by atoms with Crippen LogP contribution in [0.4, 0.5) is 5.69 Å². The zero-order valence-electron chi connectivity index (χ0n) is 9.08. The van der Waals surface area contributed by atoms with E-state index in [0.717, 1.165) is 23.2 Å². The van der Waals surface area contributed by atoms with Gasteiger partial charge in [-0.25, -0.2) is 0 Å². The number of nitrogens with zero attached hydrogens (tertiary/aromatic N) is 1. The number of anilines is 1. The molecule has 2 N–H and O–H groups in total. The first kappa shape index (κ1) is 10.7. The van der Waals surface area contributed by atoms with Gasteiger partial charge in [0.15, 0.2) is 0 Å². The minimum absolute atomic E-state index is 0.0608. The number of fused-ring (bicyclic) bond motifs is 1. The van der Waals surface area contributed by atoms with Crippen LogP contribution in [0.25, 0.3) is 0 Å². The Morgan fingerprint density at radius 2 is 2.31 bits per heavy atom. The number of rotatable bonds is 2. The van der Waals surface area contributed by atoms with Gasteiger partial charge in [0.2, 0.25) is 5.91 Å². The Balaban J connectivity index is 2.33. The summed E-state index contributed by atoms with van der Waals surface area (Å²) in [5.74, 6) is 0.0608. The van der Waals surface area contributed by atoms with Gasteiger partial charge in [-0.1, -0.05) is 12.1 Å². The van der Waals surface area contributed by atoms with E-state index >= 15 is 0 Å². The molecule has 1 aromatic rings. The lowest BCUT2D eigenvalue weighted by molar-refractivity contribution is -0.116. The normalized spacial score (nSPS) is 15.9. The topological polar surface area (TPSA) is 64.9 Å². The van der Waals surface area contributed by atoms with Gasteiger partial charge >= 0.3 is 0 Å². The lowest BCUT2D eigenvalue weighted by atomic mass is 9.98. The van der Waals surface area contributed by atoms with Crippen molar-refractivity contribution < 1.29 is 4.79 Å². The molecule has 0 aromatic heterocycles. The van der Waals surface area contributed by atoms with E-state index in [1.807, 2.05) is 18.2 Å². The third kappa shape index (κ3) is 1.90. The van der Waals surface area contributed by atoms with Crippen molar-refractivity contribution in [1.82, 2.24) is 5.32 Å². The number of hydrogen-bond donors (Lipinski definition) is 2. The van der Waals surface area contributed by atoms with Crippen molar-refractivity contribution in [3.8, 4) is 6.07 Å². The molecule has 1 aromatic carbocycles. The highest BCUT2D eigenvalue weighted by atomic mass is 16.1. The van der Waals surface area contributed by atoms with Gasteiger partial charge in [0.25, 0.3) is 0 Å². The van der Waals surface area contributed by atoms with Crippen LogP contribution >= 0.6 is 0 Å². The van der Waals surface area contributed by atoms with E-state index in [2.05, 4.69) is 16.7 Å². The maximum Gasteiger partial charge on any atom is 0.224 e. The fraction of sp³-hybridized carbons (Fsp3) is 0.333. The van der Waals surface area contributed by atoms with Crippen LogP contribution in [-0.2, 0) is 11.2 Å². The predicted molar refractivity (Wildman–Crippen MR) is 60.8 cm³/mol. The van der Waals surface area contributed by atoms with E-state index in [-0.39, 0.29) is 11.9 Å². The molecule has 1 aliphatic heterocycles. The SMILES string of the molecule is CNC(C#N)c1ccc2c(c1)CCC(=O)N2. The quantitative estimate of drug-likeness (QED) is 0.782. The maximum absolute atomic E-state index is 11.2. The first-order valence-corrected chi connectivity index (χ1v) is 5.24. The molecule has 0 saturated heterocycles. The molecule has 16 heavy (non-hydrogen) atoms. The summed E-state index contributed by atoms with van der Waals surface area (Å²) in [6.07, 6.45) is 1.27. The molecule has 0 radical (unpaired) electrons. The maximum atomic E-state index is 11.2. The molecule has 1 atom stereocenters. The lowest BCUT2D eigenvalue weighted by Gasteiger charge is -2.18. The number of amides is 1. The van der Waals surface area contributed by atoms with E-state index in [1.165, 1.54) is 0 Å². The van der Waals surface area contributed by atoms with Gasteiger partial charge < -0.3 is 10.6 Å². The summed E-state index contributed by atoms with van der Waals surface area (Å²) < 4.78 is 0. The average molecular weight is 215 g/mol. The van der Waals surface area contributed by atoms with E-state index in [9.17, 15) is 4.79 Å². The first-order chi connectivity index (χ1) is 7.74. The molecule has 0 aliphatic carbocycles. The molecular weight excluding hydrogens is 202 g/mol. The second-order valence-corrected chi connectivity index (χ2v) is 3.82. The summed E-state index contributed by atoms with van der Waals surface area (Å²) in [7, 11) is 1.76. The number of hydrogen-bond acceptors (Lipinski definition) is 3. The summed E-state index contributed by atoms with van der Waals surface area (Å²) in [6, 6.07) is 7.62. The van der Waals surface area contributed by atoms with Crippen LogP contribution in [0.2, 0.25) is 0 Å². The van der Waals surface area contributed by atoms with Crippen LogP contribution in [0.3, 0.4) is 0 Å².